The summed E-state index contributed by atoms with van der Waals surface area (Å²) in [7, 11) is 4.99. The maximum atomic E-state index is 13.5. The molecule has 3 aromatic rings. The molecule has 2 aliphatic heterocycles. The van der Waals surface area contributed by atoms with Gasteiger partial charge in [0.05, 0.1) is 36.4 Å². The van der Waals surface area contributed by atoms with Crippen molar-refractivity contribution in [3.8, 4) is 11.5 Å². The smallest absolute Gasteiger partial charge is 0.300 e. The number of amides is 1. The number of ether oxygens (including phenoxy) is 2. The third kappa shape index (κ3) is 4.91. The van der Waals surface area contributed by atoms with E-state index in [1.165, 1.54) is 31.3 Å². The Labute approximate surface area is 231 Å². The zero-order valence-electron chi connectivity index (χ0n) is 21.9. The van der Waals surface area contributed by atoms with Crippen LogP contribution in [-0.4, -0.2) is 74.1 Å². The predicted octanol–water partition coefficient (Wildman–Crippen LogP) is 4.13. The van der Waals surface area contributed by atoms with E-state index < -0.39 is 23.5 Å². The van der Waals surface area contributed by atoms with Crippen molar-refractivity contribution in [2.75, 3.05) is 57.2 Å². The van der Waals surface area contributed by atoms with E-state index in [-0.39, 0.29) is 21.9 Å². The Morgan fingerprint density at radius 3 is 2.26 bits per heavy atom. The second-order valence-corrected chi connectivity index (χ2v) is 9.86. The molecule has 2 aliphatic rings. The molecule has 0 saturated carbocycles. The largest absolute Gasteiger partial charge is 0.507 e. The Kier molecular flexibility index (Phi) is 7.45. The number of piperazine rings is 1. The molecule has 5 rings (SSSR count). The van der Waals surface area contributed by atoms with Crippen molar-refractivity contribution in [2.24, 2.45) is 0 Å². The van der Waals surface area contributed by atoms with Crippen LogP contribution < -0.4 is 19.3 Å². The monoisotopic (exact) mass is 548 g/mol. The number of Topliss-reactive ketones (excluding diaryl/α,β-unsaturated/α-hetero) is 1. The van der Waals surface area contributed by atoms with Crippen LogP contribution >= 0.6 is 11.6 Å². The summed E-state index contributed by atoms with van der Waals surface area (Å²) in [5, 5.41) is 11.7. The molecule has 1 N–H and O–H groups in total. The number of halogens is 1. The summed E-state index contributed by atoms with van der Waals surface area (Å²) < 4.78 is 10.7. The summed E-state index contributed by atoms with van der Waals surface area (Å²) in [6, 6.07) is 13.1. The van der Waals surface area contributed by atoms with Crippen LogP contribution in [0.3, 0.4) is 0 Å². The number of methoxy groups -OCH3 is 2. The number of aliphatic hydroxyl groups excluding tert-OH is 1. The van der Waals surface area contributed by atoms with E-state index >= 15 is 0 Å². The van der Waals surface area contributed by atoms with Gasteiger partial charge in [0.25, 0.3) is 11.7 Å². The standard InChI is InChI=1S/C29H29ClN4O5/c1-32-11-13-33(14-12-32)19-6-8-20(9-7-19)34-26(18-5-4-10-31-17-18)25(28(36)29(34)37)27(35)21-15-22(30)24(39-3)16-23(21)38-2/h4-10,15-17,26,35H,11-14H2,1-3H3/b27-25+. The third-order valence-corrected chi connectivity index (χ3v) is 7.47. The fourth-order valence-corrected chi connectivity index (χ4v) is 5.27. The van der Waals surface area contributed by atoms with Crippen molar-refractivity contribution in [3.63, 3.8) is 0 Å². The maximum absolute atomic E-state index is 13.5. The molecule has 9 nitrogen and oxygen atoms in total. The number of nitrogens with zero attached hydrogens (tertiary/aromatic N) is 4. The van der Waals surface area contributed by atoms with Crippen LogP contribution in [0.5, 0.6) is 11.5 Å². The van der Waals surface area contributed by atoms with E-state index in [0.717, 1.165) is 31.9 Å². The van der Waals surface area contributed by atoms with Gasteiger partial charge in [-0.3, -0.25) is 19.5 Å². The highest BCUT2D eigenvalue weighted by Crippen LogP contribution is 2.44. The lowest BCUT2D eigenvalue weighted by Gasteiger charge is -2.34. The second-order valence-electron chi connectivity index (χ2n) is 9.45. The number of aliphatic hydroxyl groups is 1. The fraction of sp³-hybridized carbons (Fsp3) is 0.276. The average Bonchev–Trinajstić information content (AvgIpc) is 3.23. The van der Waals surface area contributed by atoms with Crippen LogP contribution in [0.4, 0.5) is 11.4 Å². The number of carbonyl (C=O) groups is 2. The van der Waals surface area contributed by atoms with Crippen molar-refractivity contribution in [1.29, 1.82) is 0 Å². The minimum absolute atomic E-state index is 0.0873. The Morgan fingerprint density at radius 1 is 0.974 bits per heavy atom. The van der Waals surface area contributed by atoms with Crippen molar-refractivity contribution in [2.45, 2.75) is 6.04 Å². The molecule has 2 saturated heterocycles. The van der Waals surface area contributed by atoms with Gasteiger partial charge >= 0.3 is 0 Å². The number of benzene rings is 2. The number of aromatic nitrogens is 1. The number of pyridine rings is 1. The van der Waals surface area contributed by atoms with Gasteiger partial charge in [0, 0.05) is 56.0 Å². The van der Waals surface area contributed by atoms with Crippen molar-refractivity contribution in [3.05, 3.63) is 82.6 Å². The van der Waals surface area contributed by atoms with Crippen LogP contribution in [0.1, 0.15) is 17.2 Å². The van der Waals surface area contributed by atoms with Crippen molar-refractivity contribution >= 4 is 40.4 Å². The first-order valence-electron chi connectivity index (χ1n) is 12.5. The van der Waals surface area contributed by atoms with E-state index in [1.54, 1.807) is 24.5 Å². The fourth-order valence-electron chi connectivity index (χ4n) is 5.03. The predicted molar refractivity (Wildman–Crippen MR) is 150 cm³/mol. The number of ketones is 1. The highest BCUT2D eigenvalue weighted by atomic mass is 35.5. The number of carbonyl (C=O) groups excluding carboxylic acids is 2. The molecule has 2 fully saturated rings. The summed E-state index contributed by atoms with van der Waals surface area (Å²) in [4.78, 5) is 37.2. The number of likely N-dealkylation sites (N-methyl/N-ethyl adjacent to an activating group) is 1. The Hall–Kier alpha value is -4.08. The first-order chi connectivity index (χ1) is 18.8. The van der Waals surface area contributed by atoms with Gasteiger partial charge in [-0.1, -0.05) is 17.7 Å². The number of hydrogen-bond acceptors (Lipinski definition) is 8. The lowest BCUT2D eigenvalue weighted by Crippen LogP contribution is -2.44. The van der Waals surface area contributed by atoms with E-state index in [4.69, 9.17) is 21.1 Å². The second kappa shape index (κ2) is 11.0. The van der Waals surface area contributed by atoms with Gasteiger partial charge in [-0.05, 0) is 49.0 Å². The quantitative estimate of drug-likeness (QED) is 0.279. The van der Waals surface area contributed by atoms with E-state index in [9.17, 15) is 14.7 Å². The summed E-state index contributed by atoms with van der Waals surface area (Å²) in [5.74, 6) is -1.40. The van der Waals surface area contributed by atoms with Gasteiger partial charge in [0.15, 0.2) is 0 Å². The van der Waals surface area contributed by atoms with Crippen LogP contribution in [0.15, 0.2) is 66.5 Å². The van der Waals surface area contributed by atoms with E-state index in [2.05, 4.69) is 21.8 Å². The number of hydrogen-bond donors (Lipinski definition) is 1. The molecule has 0 spiro atoms. The molecule has 1 aromatic heterocycles. The normalized spacial score (nSPS) is 19.4. The van der Waals surface area contributed by atoms with Crippen LogP contribution in [0.2, 0.25) is 5.02 Å². The van der Waals surface area contributed by atoms with Gasteiger partial charge < -0.3 is 24.4 Å². The molecule has 0 bridgehead atoms. The Balaban J connectivity index is 1.61. The minimum Gasteiger partial charge on any atom is -0.507 e. The average molecular weight is 549 g/mol. The molecule has 39 heavy (non-hydrogen) atoms. The summed E-state index contributed by atoms with van der Waals surface area (Å²) >= 11 is 6.35. The number of rotatable bonds is 6. The molecule has 1 atom stereocenters. The van der Waals surface area contributed by atoms with E-state index in [1.807, 2.05) is 24.3 Å². The molecule has 1 amide bonds. The zero-order valence-corrected chi connectivity index (χ0v) is 22.7. The van der Waals surface area contributed by atoms with Crippen LogP contribution in [-0.2, 0) is 9.59 Å². The highest BCUT2D eigenvalue weighted by molar-refractivity contribution is 6.51. The van der Waals surface area contributed by atoms with E-state index in [0.29, 0.717) is 17.0 Å². The summed E-state index contributed by atoms with van der Waals surface area (Å²) in [5.41, 5.74) is 2.22. The summed E-state index contributed by atoms with van der Waals surface area (Å²) in [6.45, 7) is 3.75. The zero-order chi connectivity index (χ0) is 27.7. The molecule has 10 heteroatoms. The lowest BCUT2D eigenvalue weighted by molar-refractivity contribution is -0.132. The molecular formula is C29H29ClN4O5. The molecule has 202 valence electrons. The first-order valence-corrected chi connectivity index (χ1v) is 12.9. The van der Waals surface area contributed by atoms with Crippen LogP contribution in [0, 0.1) is 0 Å². The maximum Gasteiger partial charge on any atom is 0.300 e. The SMILES string of the molecule is COc1cc(OC)c(/C(O)=C2\C(=O)C(=O)N(c3ccc(N4CCN(C)CC4)cc3)C2c2cccnc2)cc1Cl. The Bertz CT molecular complexity index is 1420. The molecule has 3 heterocycles. The third-order valence-electron chi connectivity index (χ3n) is 7.17. The van der Waals surface area contributed by atoms with Gasteiger partial charge in [-0.2, -0.15) is 0 Å². The highest BCUT2D eigenvalue weighted by Gasteiger charge is 2.47. The van der Waals surface area contributed by atoms with Gasteiger partial charge in [-0.15, -0.1) is 0 Å². The molecular weight excluding hydrogens is 520 g/mol. The van der Waals surface area contributed by atoms with Gasteiger partial charge in [0.1, 0.15) is 17.3 Å². The minimum atomic E-state index is -0.918. The molecule has 0 aliphatic carbocycles. The molecule has 0 radical (unpaired) electrons. The lowest BCUT2D eigenvalue weighted by atomic mass is 9.95. The van der Waals surface area contributed by atoms with Crippen molar-refractivity contribution < 1.29 is 24.2 Å². The number of anilines is 2. The first kappa shape index (κ1) is 26.5. The Morgan fingerprint density at radius 2 is 1.64 bits per heavy atom. The van der Waals surface area contributed by atoms with Gasteiger partial charge in [0.2, 0.25) is 0 Å². The van der Waals surface area contributed by atoms with Crippen LogP contribution in [0.25, 0.3) is 5.76 Å². The topological polar surface area (TPSA) is 95.4 Å². The molecule has 1 unspecified atom stereocenters. The van der Waals surface area contributed by atoms with Gasteiger partial charge in [-0.25, -0.2) is 0 Å². The molecule has 2 aromatic carbocycles. The summed E-state index contributed by atoms with van der Waals surface area (Å²) in [6.07, 6.45) is 3.18. The van der Waals surface area contributed by atoms with Crippen molar-refractivity contribution in [1.82, 2.24) is 9.88 Å².